The van der Waals surface area contributed by atoms with Gasteiger partial charge in [-0.25, -0.2) is 0 Å². The van der Waals surface area contributed by atoms with Crippen LogP contribution in [0, 0.1) is 25.2 Å². The van der Waals surface area contributed by atoms with Crippen molar-refractivity contribution in [3.8, 4) is 6.07 Å². The average molecular weight is 370 g/mol. The number of benzene rings is 2. The minimum atomic E-state index is -0.475. The number of anilines is 1. The van der Waals surface area contributed by atoms with Crippen molar-refractivity contribution in [3.05, 3.63) is 74.8 Å². The van der Waals surface area contributed by atoms with E-state index in [1.165, 1.54) is 0 Å². The normalized spacial score (nSPS) is 17.3. The summed E-state index contributed by atoms with van der Waals surface area (Å²) < 4.78 is 0. The Morgan fingerprint density at radius 3 is 2.44 bits per heavy atom. The highest BCUT2D eigenvalue weighted by atomic mass is 35.5. The Kier molecular flexibility index (Phi) is 4.76. The fourth-order valence-electron chi connectivity index (χ4n) is 2.73. The van der Waals surface area contributed by atoms with Gasteiger partial charge in [0.15, 0.2) is 0 Å². The van der Waals surface area contributed by atoms with Crippen molar-refractivity contribution >= 4 is 35.8 Å². The maximum absolute atomic E-state index is 12.3. The molecule has 1 unspecified atom stereocenters. The van der Waals surface area contributed by atoms with Crippen LogP contribution in [0.2, 0.25) is 5.02 Å². The van der Waals surface area contributed by atoms with Crippen LogP contribution in [0.25, 0.3) is 0 Å². The van der Waals surface area contributed by atoms with Crippen LogP contribution >= 0.6 is 24.2 Å². The van der Waals surface area contributed by atoms with E-state index in [-0.39, 0.29) is 5.57 Å². The highest BCUT2D eigenvalue weighted by molar-refractivity contribution is 7.84. The number of carbonyl (C=O) groups is 1. The largest absolute Gasteiger partial charge is 0.327 e. The van der Waals surface area contributed by atoms with Crippen LogP contribution in [-0.4, -0.2) is 5.91 Å². The van der Waals surface area contributed by atoms with Crippen molar-refractivity contribution in [1.82, 2.24) is 5.32 Å². The maximum Gasteiger partial charge on any atom is 0.266 e. The summed E-state index contributed by atoms with van der Waals surface area (Å²) in [6.45, 7) is 4.05. The second-order valence-electron chi connectivity index (χ2n) is 5.88. The van der Waals surface area contributed by atoms with E-state index >= 15 is 0 Å². The van der Waals surface area contributed by atoms with Crippen LogP contribution in [0.15, 0.2) is 53.1 Å². The lowest BCUT2D eigenvalue weighted by atomic mass is 10.0. The van der Waals surface area contributed by atoms with Gasteiger partial charge in [0.2, 0.25) is 0 Å². The molecular weight excluding hydrogens is 354 g/mol. The summed E-state index contributed by atoms with van der Waals surface area (Å²) in [6, 6.07) is 15.1. The number of hydrogen-bond acceptors (Lipinski definition) is 4. The van der Waals surface area contributed by atoms with E-state index in [0.717, 1.165) is 22.4 Å². The Labute approximate surface area is 157 Å². The number of aryl methyl sites for hydroxylation is 2. The van der Waals surface area contributed by atoms with Gasteiger partial charge in [-0.1, -0.05) is 29.8 Å². The molecule has 6 heteroatoms. The molecule has 2 aromatic rings. The molecule has 0 bridgehead atoms. The molecule has 0 aromatic heterocycles. The fourth-order valence-corrected chi connectivity index (χ4v) is 3.24. The molecule has 0 fully saturated rings. The molecule has 0 aliphatic carbocycles. The van der Waals surface area contributed by atoms with Crippen molar-refractivity contribution in [1.29, 1.82) is 5.26 Å². The molecule has 1 amide bonds. The van der Waals surface area contributed by atoms with Crippen molar-refractivity contribution in [2.45, 2.75) is 20.0 Å². The molecule has 1 N–H and O–H groups in total. The smallest absolute Gasteiger partial charge is 0.266 e. The van der Waals surface area contributed by atoms with Gasteiger partial charge in [-0.05, 0) is 54.8 Å². The first-order valence-corrected chi connectivity index (χ1v) is 8.51. The van der Waals surface area contributed by atoms with E-state index in [1.54, 1.807) is 12.1 Å². The Morgan fingerprint density at radius 1 is 1.16 bits per heavy atom. The third-order valence-corrected chi connectivity index (χ3v) is 4.96. The molecule has 1 atom stereocenters. The topological polar surface area (TPSA) is 56.1 Å². The minimum absolute atomic E-state index is 0.00762. The number of rotatable bonds is 2. The molecule has 0 radical (unpaired) electrons. The van der Waals surface area contributed by atoms with Crippen LogP contribution in [0.3, 0.4) is 0 Å². The number of nitriles is 1. The lowest BCUT2D eigenvalue weighted by Gasteiger charge is -2.38. The molecular formula is C19H16ClN3OS. The van der Waals surface area contributed by atoms with Crippen LogP contribution in [0.5, 0.6) is 0 Å². The average Bonchev–Trinajstić information content (AvgIpc) is 2.58. The molecule has 4 nitrogen and oxygen atoms in total. The van der Waals surface area contributed by atoms with E-state index < -0.39 is 12.1 Å². The highest BCUT2D eigenvalue weighted by Crippen LogP contribution is 2.36. The van der Waals surface area contributed by atoms with Crippen LogP contribution in [-0.2, 0) is 4.79 Å². The molecule has 2 aromatic carbocycles. The lowest BCUT2D eigenvalue weighted by Crippen LogP contribution is -2.46. The Morgan fingerprint density at radius 2 is 1.84 bits per heavy atom. The highest BCUT2D eigenvalue weighted by Gasteiger charge is 2.34. The van der Waals surface area contributed by atoms with E-state index in [9.17, 15) is 10.1 Å². The van der Waals surface area contributed by atoms with E-state index in [4.69, 9.17) is 11.6 Å². The number of halogens is 1. The van der Waals surface area contributed by atoms with E-state index in [1.807, 2.05) is 55.1 Å². The number of carbonyl (C=O) groups excluding carboxylic acids is 1. The van der Waals surface area contributed by atoms with Gasteiger partial charge in [-0.15, -0.1) is 12.6 Å². The van der Waals surface area contributed by atoms with Gasteiger partial charge in [0.1, 0.15) is 17.8 Å². The zero-order valence-electron chi connectivity index (χ0n) is 13.7. The first-order valence-electron chi connectivity index (χ1n) is 7.68. The van der Waals surface area contributed by atoms with Crippen LogP contribution in [0.4, 0.5) is 5.69 Å². The third kappa shape index (κ3) is 3.23. The van der Waals surface area contributed by atoms with E-state index in [0.29, 0.717) is 10.1 Å². The van der Waals surface area contributed by atoms with Crippen LogP contribution in [0.1, 0.15) is 22.9 Å². The van der Waals surface area contributed by atoms with Gasteiger partial charge in [0, 0.05) is 10.7 Å². The molecule has 25 heavy (non-hydrogen) atoms. The second kappa shape index (κ2) is 6.83. The fraction of sp³-hybridized carbons (Fsp3) is 0.158. The van der Waals surface area contributed by atoms with Gasteiger partial charge in [0.05, 0.1) is 5.03 Å². The van der Waals surface area contributed by atoms with Crippen molar-refractivity contribution in [2.24, 2.45) is 0 Å². The maximum atomic E-state index is 12.3. The van der Waals surface area contributed by atoms with Gasteiger partial charge < -0.3 is 10.2 Å². The van der Waals surface area contributed by atoms with E-state index in [2.05, 4.69) is 17.9 Å². The molecule has 0 saturated heterocycles. The molecule has 1 heterocycles. The Hall–Kier alpha value is -2.42. The zero-order valence-corrected chi connectivity index (χ0v) is 15.4. The number of amides is 1. The predicted octanol–water partition coefficient (Wildman–Crippen LogP) is 4.26. The summed E-state index contributed by atoms with van der Waals surface area (Å²) in [5, 5.41) is 13.1. The molecule has 1 aliphatic heterocycles. The Bertz CT molecular complexity index is 915. The minimum Gasteiger partial charge on any atom is -0.327 e. The van der Waals surface area contributed by atoms with Gasteiger partial charge in [0.25, 0.3) is 5.91 Å². The Balaban J connectivity index is 2.17. The quantitative estimate of drug-likeness (QED) is 0.778. The summed E-state index contributed by atoms with van der Waals surface area (Å²) in [7, 11) is 0. The number of thiol groups is 1. The summed E-state index contributed by atoms with van der Waals surface area (Å²) in [4.78, 5) is 14.1. The van der Waals surface area contributed by atoms with Gasteiger partial charge in [-0.3, -0.25) is 4.79 Å². The number of hydrogen-bond donors (Lipinski definition) is 2. The van der Waals surface area contributed by atoms with Crippen molar-refractivity contribution in [2.75, 3.05) is 4.90 Å². The van der Waals surface area contributed by atoms with Crippen molar-refractivity contribution in [3.63, 3.8) is 0 Å². The standard InChI is InChI=1S/C19H16ClN3OS/c1-11-3-8-15(9-12(11)2)23-17(13-4-6-14(20)7-5-13)22-18(24)16(10-21)19(23)25/h3-9,17,25H,1-2H3,(H,22,24). The number of nitrogens with one attached hydrogen (secondary N) is 1. The first-order chi connectivity index (χ1) is 11.9. The first kappa shape index (κ1) is 17.4. The zero-order chi connectivity index (χ0) is 18.1. The monoisotopic (exact) mass is 369 g/mol. The summed E-state index contributed by atoms with van der Waals surface area (Å²) in [6.07, 6.45) is -0.475. The molecule has 126 valence electrons. The van der Waals surface area contributed by atoms with Crippen LogP contribution < -0.4 is 10.2 Å². The SMILES string of the molecule is Cc1ccc(N2C(S)=C(C#N)C(=O)NC2c2ccc(Cl)cc2)cc1C. The molecule has 0 saturated carbocycles. The summed E-state index contributed by atoms with van der Waals surface area (Å²) in [5.41, 5.74) is 3.97. The summed E-state index contributed by atoms with van der Waals surface area (Å²) in [5.74, 6) is -0.437. The predicted molar refractivity (Wildman–Crippen MR) is 102 cm³/mol. The molecule has 3 rings (SSSR count). The van der Waals surface area contributed by atoms with Crippen molar-refractivity contribution < 1.29 is 4.79 Å². The summed E-state index contributed by atoms with van der Waals surface area (Å²) >= 11 is 10.5. The van der Waals surface area contributed by atoms with Gasteiger partial charge in [-0.2, -0.15) is 5.26 Å². The molecule has 0 spiro atoms. The van der Waals surface area contributed by atoms with Gasteiger partial charge >= 0.3 is 0 Å². The second-order valence-corrected chi connectivity index (χ2v) is 6.74. The lowest BCUT2D eigenvalue weighted by molar-refractivity contribution is -0.118. The number of nitrogens with zero attached hydrogens (tertiary/aromatic N) is 2. The molecule has 1 aliphatic rings. The third-order valence-electron chi connectivity index (χ3n) is 4.27.